The van der Waals surface area contributed by atoms with Crippen LogP contribution in [0.4, 0.5) is 5.69 Å². The summed E-state index contributed by atoms with van der Waals surface area (Å²) in [4.78, 5) is 0. The molecule has 1 heterocycles. The van der Waals surface area contributed by atoms with E-state index in [0.717, 1.165) is 36.0 Å². The van der Waals surface area contributed by atoms with Gasteiger partial charge in [-0.25, -0.2) is 0 Å². The molecule has 4 heteroatoms. The Kier molecular flexibility index (Phi) is 3.88. The molecule has 2 N–H and O–H groups in total. The number of aliphatic hydroxyl groups is 1. The first-order valence-electron chi connectivity index (χ1n) is 5.90. The Morgan fingerprint density at radius 2 is 2.18 bits per heavy atom. The fourth-order valence-electron chi connectivity index (χ4n) is 1.77. The number of hydrogen-bond acceptors (Lipinski definition) is 4. The number of aromatic nitrogens is 2. The minimum absolute atomic E-state index is 0.232. The maximum Gasteiger partial charge on any atom is 0.0950 e. The van der Waals surface area contributed by atoms with Crippen molar-refractivity contribution in [1.82, 2.24) is 10.2 Å². The second kappa shape index (κ2) is 5.59. The van der Waals surface area contributed by atoms with E-state index < -0.39 is 0 Å². The van der Waals surface area contributed by atoms with Crippen LogP contribution in [0.2, 0.25) is 0 Å². The lowest BCUT2D eigenvalue weighted by molar-refractivity contribution is 0.183. The highest BCUT2D eigenvalue weighted by molar-refractivity contribution is 5.90. The summed E-state index contributed by atoms with van der Waals surface area (Å²) < 4.78 is 0. The highest BCUT2D eigenvalue weighted by Gasteiger charge is 2.01. The predicted molar refractivity (Wildman–Crippen MR) is 68.9 cm³/mol. The van der Waals surface area contributed by atoms with Crippen molar-refractivity contribution in [2.75, 3.05) is 11.9 Å². The summed E-state index contributed by atoms with van der Waals surface area (Å²) >= 11 is 0. The van der Waals surface area contributed by atoms with Crippen LogP contribution in [-0.4, -0.2) is 28.0 Å². The molecule has 0 fully saturated rings. The first-order valence-corrected chi connectivity index (χ1v) is 5.90. The van der Waals surface area contributed by atoms with Crippen LogP contribution in [0.5, 0.6) is 0 Å². The molecule has 0 aliphatic carbocycles. The molecule has 0 saturated carbocycles. The number of fused-ring (bicyclic) bond motifs is 1. The zero-order valence-corrected chi connectivity index (χ0v) is 9.93. The van der Waals surface area contributed by atoms with Crippen LogP contribution < -0.4 is 5.32 Å². The van der Waals surface area contributed by atoms with Gasteiger partial charge in [0.2, 0.25) is 0 Å². The first-order chi connectivity index (χ1) is 8.27. The van der Waals surface area contributed by atoms with Crippen molar-refractivity contribution in [1.29, 1.82) is 0 Å². The van der Waals surface area contributed by atoms with Crippen LogP contribution in [0.25, 0.3) is 10.9 Å². The normalized spacial score (nSPS) is 12.6. The summed E-state index contributed by atoms with van der Waals surface area (Å²) in [5.41, 5.74) is 1.90. The Labute approximate surface area is 101 Å². The number of anilines is 1. The van der Waals surface area contributed by atoms with Gasteiger partial charge in [-0.3, -0.25) is 0 Å². The Morgan fingerprint density at radius 1 is 1.35 bits per heavy atom. The van der Waals surface area contributed by atoms with Gasteiger partial charge in [0.1, 0.15) is 0 Å². The minimum Gasteiger partial charge on any atom is -0.393 e. The maximum atomic E-state index is 9.17. The highest BCUT2D eigenvalue weighted by Crippen LogP contribution is 2.19. The standard InChI is InChI=1S/C13H17N3O/c1-10(17)5-4-8-14-13-9-15-16-12-7-3-2-6-11(12)13/h2-3,6-7,9-10,17H,4-5,8H2,1H3,(H,14,16). The van der Waals surface area contributed by atoms with Crippen molar-refractivity contribution >= 4 is 16.6 Å². The second-order valence-corrected chi connectivity index (χ2v) is 4.19. The Balaban J connectivity index is 2.03. The van der Waals surface area contributed by atoms with E-state index in [1.807, 2.05) is 31.2 Å². The Morgan fingerprint density at radius 3 is 3.00 bits per heavy atom. The van der Waals surface area contributed by atoms with E-state index in [2.05, 4.69) is 15.5 Å². The smallest absolute Gasteiger partial charge is 0.0950 e. The zero-order chi connectivity index (χ0) is 12.1. The molecule has 1 aromatic heterocycles. The van der Waals surface area contributed by atoms with Crippen molar-refractivity contribution in [3.8, 4) is 0 Å². The number of nitrogens with zero attached hydrogens (tertiary/aromatic N) is 2. The fraction of sp³-hybridized carbons (Fsp3) is 0.385. The highest BCUT2D eigenvalue weighted by atomic mass is 16.3. The second-order valence-electron chi connectivity index (χ2n) is 4.19. The van der Waals surface area contributed by atoms with E-state index in [9.17, 15) is 5.11 Å². The van der Waals surface area contributed by atoms with Crippen LogP contribution in [-0.2, 0) is 0 Å². The molecule has 2 rings (SSSR count). The predicted octanol–water partition coefficient (Wildman–Crippen LogP) is 2.20. The molecule has 0 aliphatic rings. The lowest BCUT2D eigenvalue weighted by Gasteiger charge is -2.09. The van der Waals surface area contributed by atoms with Crippen LogP contribution in [0.15, 0.2) is 30.5 Å². The topological polar surface area (TPSA) is 58.0 Å². The quantitative estimate of drug-likeness (QED) is 0.774. The molecular formula is C13H17N3O. The van der Waals surface area contributed by atoms with Gasteiger partial charge in [-0.05, 0) is 25.8 Å². The van der Waals surface area contributed by atoms with Crippen molar-refractivity contribution in [3.05, 3.63) is 30.5 Å². The number of aliphatic hydroxyl groups excluding tert-OH is 1. The molecule has 1 unspecified atom stereocenters. The van der Waals surface area contributed by atoms with E-state index in [1.54, 1.807) is 6.20 Å². The molecule has 0 aliphatic heterocycles. The van der Waals surface area contributed by atoms with Gasteiger partial charge in [-0.2, -0.15) is 10.2 Å². The molecule has 1 aromatic carbocycles. The van der Waals surface area contributed by atoms with Crippen LogP contribution in [0.1, 0.15) is 19.8 Å². The average molecular weight is 231 g/mol. The molecular weight excluding hydrogens is 214 g/mol. The van der Waals surface area contributed by atoms with E-state index in [-0.39, 0.29) is 6.10 Å². The van der Waals surface area contributed by atoms with E-state index in [0.29, 0.717) is 0 Å². The number of nitrogens with one attached hydrogen (secondary N) is 1. The molecule has 0 saturated heterocycles. The van der Waals surface area contributed by atoms with Crippen molar-refractivity contribution in [2.45, 2.75) is 25.9 Å². The molecule has 0 bridgehead atoms. The van der Waals surface area contributed by atoms with Crippen LogP contribution in [0, 0.1) is 0 Å². The van der Waals surface area contributed by atoms with E-state index in [4.69, 9.17) is 0 Å². The third kappa shape index (κ3) is 3.14. The van der Waals surface area contributed by atoms with E-state index >= 15 is 0 Å². The van der Waals surface area contributed by atoms with E-state index in [1.165, 1.54) is 0 Å². The minimum atomic E-state index is -0.232. The molecule has 2 aromatic rings. The van der Waals surface area contributed by atoms with Gasteiger partial charge < -0.3 is 10.4 Å². The van der Waals surface area contributed by atoms with Gasteiger partial charge in [-0.15, -0.1) is 0 Å². The van der Waals surface area contributed by atoms with Crippen molar-refractivity contribution in [3.63, 3.8) is 0 Å². The Hall–Kier alpha value is -1.68. The Bertz CT molecular complexity index is 480. The summed E-state index contributed by atoms with van der Waals surface area (Å²) in [7, 11) is 0. The van der Waals surface area contributed by atoms with Gasteiger partial charge in [0.25, 0.3) is 0 Å². The van der Waals surface area contributed by atoms with Crippen molar-refractivity contribution in [2.24, 2.45) is 0 Å². The molecule has 4 nitrogen and oxygen atoms in total. The summed E-state index contributed by atoms with van der Waals surface area (Å²) in [6, 6.07) is 7.92. The third-order valence-corrected chi connectivity index (χ3v) is 2.66. The van der Waals surface area contributed by atoms with Gasteiger partial charge >= 0.3 is 0 Å². The van der Waals surface area contributed by atoms with Crippen LogP contribution >= 0.6 is 0 Å². The maximum absolute atomic E-state index is 9.17. The largest absolute Gasteiger partial charge is 0.393 e. The number of rotatable bonds is 5. The molecule has 90 valence electrons. The molecule has 0 amide bonds. The van der Waals surface area contributed by atoms with Crippen molar-refractivity contribution < 1.29 is 5.11 Å². The summed E-state index contributed by atoms with van der Waals surface area (Å²) in [5.74, 6) is 0. The first kappa shape index (κ1) is 11.8. The third-order valence-electron chi connectivity index (χ3n) is 2.66. The summed E-state index contributed by atoms with van der Waals surface area (Å²) in [6.07, 6.45) is 3.26. The van der Waals surface area contributed by atoms with Gasteiger partial charge in [0.15, 0.2) is 0 Å². The van der Waals surface area contributed by atoms with Gasteiger partial charge in [-0.1, -0.05) is 18.2 Å². The van der Waals surface area contributed by atoms with Gasteiger partial charge in [0, 0.05) is 11.9 Å². The summed E-state index contributed by atoms with van der Waals surface area (Å²) in [6.45, 7) is 2.64. The monoisotopic (exact) mass is 231 g/mol. The molecule has 0 spiro atoms. The van der Waals surface area contributed by atoms with Gasteiger partial charge in [0.05, 0.1) is 23.5 Å². The van der Waals surface area contributed by atoms with Crippen LogP contribution in [0.3, 0.4) is 0 Å². The summed E-state index contributed by atoms with van der Waals surface area (Å²) in [5, 5.41) is 21.6. The number of hydrogen-bond donors (Lipinski definition) is 2. The zero-order valence-electron chi connectivity index (χ0n) is 9.93. The molecule has 1 atom stereocenters. The lowest BCUT2D eigenvalue weighted by atomic mass is 10.2. The SMILES string of the molecule is CC(O)CCCNc1cnnc2ccccc12. The number of benzene rings is 1. The average Bonchev–Trinajstić information content (AvgIpc) is 2.34. The molecule has 0 radical (unpaired) electrons. The fourth-order valence-corrected chi connectivity index (χ4v) is 1.77. The molecule has 17 heavy (non-hydrogen) atoms. The lowest BCUT2D eigenvalue weighted by Crippen LogP contribution is -2.07.